The van der Waals surface area contributed by atoms with E-state index in [0.717, 1.165) is 67.5 Å². The van der Waals surface area contributed by atoms with Gasteiger partial charge in [-0.2, -0.15) is 0 Å². The van der Waals surface area contributed by atoms with Crippen molar-refractivity contribution in [2.45, 2.75) is 25.7 Å². The average Bonchev–Trinajstić information content (AvgIpc) is 3.36. The molecule has 1 heterocycles. The minimum Gasteiger partial charge on any atom is -0.381 e. The van der Waals surface area contributed by atoms with Gasteiger partial charge in [0.15, 0.2) is 5.96 Å². The molecule has 1 aliphatic rings. The van der Waals surface area contributed by atoms with Gasteiger partial charge in [-0.25, -0.2) is 4.39 Å². The van der Waals surface area contributed by atoms with Gasteiger partial charge in [0.25, 0.3) is 0 Å². The molecule has 5 nitrogen and oxygen atoms in total. The van der Waals surface area contributed by atoms with Crippen LogP contribution in [0.2, 0.25) is 0 Å². The van der Waals surface area contributed by atoms with Gasteiger partial charge < -0.3 is 20.4 Å². The van der Waals surface area contributed by atoms with Gasteiger partial charge in [-0.05, 0) is 55.4 Å². The number of nitrogens with zero attached hydrogens (tertiary/aromatic N) is 1. The Morgan fingerprint density at radius 3 is 2.88 bits per heavy atom. The third-order valence-corrected chi connectivity index (χ3v) is 4.45. The van der Waals surface area contributed by atoms with Gasteiger partial charge in [0.05, 0.1) is 0 Å². The van der Waals surface area contributed by atoms with Crippen LogP contribution in [0.4, 0.5) is 4.39 Å². The van der Waals surface area contributed by atoms with Gasteiger partial charge in [0.2, 0.25) is 0 Å². The number of ether oxygens (including phenoxy) is 1. The summed E-state index contributed by atoms with van der Waals surface area (Å²) in [6.07, 6.45) is 6.37. The van der Waals surface area contributed by atoms with Crippen LogP contribution < -0.4 is 10.6 Å². The minimum absolute atomic E-state index is 0. The van der Waals surface area contributed by atoms with Crippen molar-refractivity contribution in [3.05, 3.63) is 35.8 Å². The van der Waals surface area contributed by atoms with Crippen LogP contribution in [0.1, 0.15) is 24.8 Å². The molecule has 0 bridgehead atoms. The van der Waals surface area contributed by atoms with Crippen molar-refractivity contribution in [3.8, 4) is 0 Å². The molecule has 0 atom stereocenters. The number of halogens is 2. The highest BCUT2D eigenvalue weighted by Gasteiger charge is 2.20. The van der Waals surface area contributed by atoms with Crippen molar-refractivity contribution in [1.29, 1.82) is 0 Å². The summed E-state index contributed by atoms with van der Waals surface area (Å²) in [6, 6.07) is 4.82. The summed E-state index contributed by atoms with van der Waals surface area (Å²) in [5.41, 5.74) is 2.07. The van der Waals surface area contributed by atoms with Crippen molar-refractivity contribution < 1.29 is 9.13 Å². The molecule has 1 saturated carbocycles. The zero-order valence-electron chi connectivity index (χ0n) is 15.2. The van der Waals surface area contributed by atoms with Crippen LogP contribution in [0.15, 0.2) is 29.4 Å². The summed E-state index contributed by atoms with van der Waals surface area (Å²) in [4.78, 5) is 7.40. The third kappa shape index (κ3) is 6.42. The number of fused-ring (bicyclic) bond motifs is 1. The fraction of sp³-hybridized carbons (Fsp3) is 0.526. The van der Waals surface area contributed by atoms with Crippen LogP contribution in [-0.2, 0) is 11.2 Å². The first kappa shape index (κ1) is 21.0. The van der Waals surface area contributed by atoms with Crippen molar-refractivity contribution in [1.82, 2.24) is 15.6 Å². The first-order valence-corrected chi connectivity index (χ1v) is 9.04. The van der Waals surface area contributed by atoms with E-state index >= 15 is 0 Å². The van der Waals surface area contributed by atoms with Gasteiger partial charge in [-0.15, -0.1) is 24.0 Å². The average molecular weight is 474 g/mol. The van der Waals surface area contributed by atoms with Gasteiger partial charge in [0, 0.05) is 50.5 Å². The quantitative estimate of drug-likeness (QED) is 0.226. The topological polar surface area (TPSA) is 61.4 Å². The van der Waals surface area contributed by atoms with E-state index in [9.17, 15) is 4.39 Å². The lowest BCUT2D eigenvalue weighted by atomic mass is 10.1. The Labute approximate surface area is 171 Å². The van der Waals surface area contributed by atoms with Gasteiger partial charge in [0.1, 0.15) is 5.82 Å². The van der Waals surface area contributed by atoms with Crippen molar-refractivity contribution in [2.24, 2.45) is 10.9 Å². The molecule has 0 radical (unpaired) electrons. The highest BCUT2D eigenvalue weighted by molar-refractivity contribution is 14.0. The number of H-pyrrole nitrogens is 1. The van der Waals surface area contributed by atoms with Gasteiger partial charge in [-0.3, -0.25) is 4.99 Å². The fourth-order valence-electron chi connectivity index (χ4n) is 2.81. The maximum Gasteiger partial charge on any atom is 0.190 e. The van der Waals surface area contributed by atoms with Crippen LogP contribution in [0.3, 0.4) is 0 Å². The highest BCUT2D eigenvalue weighted by atomic mass is 127. The highest BCUT2D eigenvalue weighted by Crippen LogP contribution is 2.28. The molecule has 7 heteroatoms. The van der Waals surface area contributed by atoms with Crippen LogP contribution in [0.25, 0.3) is 10.9 Å². The zero-order chi connectivity index (χ0) is 17.5. The number of aliphatic imine (C=N–C) groups is 1. The number of benzene rings is 1. The van der Waals surface area contributed by atoms with Crippen LogP contribution in [0, 0.1) is 11.7 Å². The number of aromatic amines is 1. The monoisotopic (exact) mass is 474 g/mol. The van der Waals surface area contributed by atoms with Crippen LogP contribution in [-0.4, -0.2) is 44.3 Å². The Hall–Kier alpha value is -1.35. The Morgan fingerprint density at radius 2 is 2.12 bits per heavy atom. The van der Waals surface area contributed by atoms with Crippen molar-refractivity contribution in [2.75, 3.05) is 33.4 Å². The van der Waals surface area contributed by atoms with E-state index in [1.54, 1.807) is 19.2 Å². The standard InChI is InChI=1S/C19H27FN4O.HI/c1-21-19(22-8-2-10-25-13-14-3-4-14)23-9-7-15-12-24-18-6-5-16(20)11-17(15)18;/h5-6,11-12,14,24H,2-4,7-10,13H2,1H3,(H2,21,22,23);1H. The molecular formula is C19H28FIN4O. The molecule has 1 aliphatic carbocycles. The fourth-order valence-corrected chi connectivity index (χ4v) is 2.81. The van der Waals surface area contributed by atoms with E-state index in [0.29, 0.717) is 0 Å². The van der Waals surface area contributed by atoms with E-state index in [1.165, 1.54) is 18.9 Å². The summed E-state index contributed by atoms with van der Waals surface area (Å²) in [5.74, 6) is 1.40. The van der Waals surface area contributed by atoms with Gasteiger partial charge in [-0.1, -0.05) is 0 Å². The Balaban J connectivity index is 0.00000243. The molecule has 3 N–H and O–H groups in total. The summed E-state index contributed by atoms with van der Waals surface area (Å²) >= 11 is 0. The first-order chi connectivity index (χ1) is 12.3. The molecule has 0 amide bonds. The second-order valence-electron chi connectivity index (χ2n) is 6.55. The smallest absolute Gasteiger partial charge is 0.190 e. The SMILES string of the molecule is CN=C(NCCCOCC1CC1)NCCc1c[nH]c2ccc(F)cc12.I. The predicted molar refractivity (Wildman–Crippen MR) is 115 cm³/mol. The minimum atomic E-state index is -0.206. The van der Waals surface area contributed by atoms with Crippen molar-refractivity contribution >= 4 is 40.8 Å². The second-order valence-corrected chi connectivity index (χ2v) is 6.55. The van der Waals surface area contributed by atoms with Crippen LogP contribution >= 0.6 is 24.0 Å². The molecule has 0 saturated heterocycles. The number of hydrogen-bond donors (Lipinski definition) is 3. The molecule has 0 unspecified atom stereocenters. The van der Waals surface area contributed by atoms with E-state index in [2.05, 4.69) is 20.6 Å². The van der Waals surface area contributed by atoms with Gasteiger partial charge >= 0.3 is 0 Å². The molecule has 3 rings (SSSR count). The molecule has 1 aromatic carbocycles. The lowest BCUT2D eigenvalue weighted by molar-refractivity contribution is 0.123. The number of hydrogen-bond acceptors (Lipinski definition) is 2. The maximum absolute atomic E-state index is 13.4. The molecule has 2 aromatic rings. The summed E-state index contributed by atoms with van der Waals surface area (Å²) in [5, 5.41) is 7.53. The largest absolute Gasteiger partial charge is 0.381 e. The Morgan fingerprint density at radius 1 is 1.31 bits per heavy atom. The summed E-state index contributed by atoms with van der Waals surface area (Å²) in [6.45, 7) is 3.28. The molecule has 144 valence electrons. The molecule has 26 heavy (non-hydrogen) atoms. The Kier molecular flexibility index (Phi) is 8.64. The molecule has 0 spiro atoms. The van der Waals surface area contributed by atoms with E-state index in [1.807, 2.05) is 6.20 Å². The first-order valence-electron chi connectivity index (χ1n) is 9.04. The number of rotatable bonds is 9. The second kappa shape index (κ2) is 10.7. The van der Waals surface area contributed by atoms with E-state index in [-0.39, 0.29) is 29.8 Å². The van der Waals surface area contributed by atoms with Crippen LogP contribution in [0.5, 0.6) is 0 Å². The number of guanidine groups is 1. The molecule has 1 fully saturated rings. The summed E-state index contributed by atoms with van der Waals surface area (Å²) < 4.78 is 19.0. The summed E-state index contributed by atoms with van der Waals surface area (Å²) in [7, 11) is 1.76. The molecular weight excluding hydrogens is 446 g/mol. The molecule has 1 aromatic heterocycles. The zero-order valence-corrected chi connectivity index (χ0v) is 17.5. The number of aromatic nitrogens is 1. The lowest BCUT2D eigenvalue weighted by Gasteiger charge is -2.11. The molecule has 0 aliphatic heterocycles. The normalized spacial score (nSPS) is 14.3. The predicted octanol–water partition coefficient (Wildman–Crippen LogP) is 3.45. The number of nitrogens with one attached hydrogen (secondary N) is 3. The third-order valence-electron chi connectivity index (χ3n) is 4.45. The van der Waals surface area contributed by atoms with E-state index in [4.69, 9.17) is 4.74 Å². The maximum atomic E-state index is 13.4. The lowest BCUT2D eigenvalue weighted by Crippen LogP contribution is -2.39. The Bertz CT molecular complexity index is 715. The van der Waals surface area contributed by atoms with Crippen molar-refractivity contribution in [3.63, 3.8) is 0 Å². The van der Waals surface area contributed by atoms with E-state index < -0.39 is 0 Å².